The first-order valence-corrected chi connectivity index (χ1v) is 8.74. The summed E-state index contributed by atoms with van der Waals surface area (Å²) in [6, 6.07) is 0. The molecule has 0 bridgehead atoms. The number of rotatable bonds is 7. The molecule has 1 rings (SSSR count). The average molecular weight is 296 g/mol. The zero-order valence-electron chi connectivity index (χ0n) is 15.2. The summed E-state index contributed by atoms with van der Waals surface area (Å²) < 4.78 is 5.10. The fourth-order valence-electron chi connectivity index (χ4n) is 3.32. The Labute approximate surface area is 132 Å². The highest BCUT2D eigenvalue weighted by Crippen LogP contribution is 2.40. The first-order valence-electron chi connectivity index (χ1n) is 8.74. The van der Waals surface area contributed by atoms with Gasteiger partial charge in [0.2, 0.25) is 0 Å². The second kappa shape index (κ2) is 8.95. The molecule has 0 radical (unpaired) electrons. The minimum Gasteiger partial charge on any atom is -0.383 e. The summed E-state index contributed by atoms with van der Waals surface area (Å²) in [6.07, 6.45) is 8.11. The average Bonchev–Trinajstić information content (AvgIpc) is 2.41. The van der Waals surface area contributed by atoms with E-state index in [0.717, 1.165) is 31.5 Å². The highest BCUT2D eigenvalue weighted by atomic mass is 16.5. The molecule has 1 aliphatic carbocycles. The van der Waals surface area contributed by atoms with Crippen LogP contribution in [0.1, 0.15) is 60.3 Å². The van der Waals surface area contributed by atoms with Crippen molar-refractivity contribution >= 4 is 0 Å². The van der Waals surface area contributed by atoms with Crippen LogP contribution in [-0.4, -0.2) is 26.8 Å². The van der Waals surface area contributed by atoms with E-state index in [1.54, 1.807) is 12.7 Å². The topological polar surface area (TPSA) is 21.3 Å². The Hall–Kier alpha value is -0.340. The molecule has 0 aromatic carbocycles. The van der Waals surface area contributed by atoms with Crippen LogP contribution in [0.25, 0.3) is 0 Å². The molecule has 2 nitrogen and oxygen atoms in total. The quantitative estimate of drug-likeness (QED) is 0.545. The van der Waals surface area contributed by atoms with Crippen LogP contribution < -0.4 is 5.32 Å². The Bertz CT molecular complexity index is 306. The monoisotopic (exact) mass is 295 g/mol. The van der Waals surface area contributed by atoms with Crippen molar-refractivity contribution in [3.05, 3.63) is 11.6 Å². The maximum Gasteiger partial charge on any atom is 0.0587 e. The Kier molecular flexibility index (Phi) is 7.97. The van der Waals surface area contributed by atoms with Gasteiger partial charge in [-0.3, -0.25) is 0 Å². The van der Waals surface area contributed by atoms with Crippen LogP contribution in [0.15, 0.2) is 11.6 Å². The van der Waals surface area contributed by atoms with Crippen molar-refractivity contribution in [2.45, 2.75) is 60.3 Å². The summed E-state index contributed by atoms with van der Waals surface area (Å²) in [6.45, 7) is 14.6. The van der Waals surface area contributed by atoms with Crippen molar-refractivity contribution in [3.8, 4) is 0 Å². The second-order valence-electron chi connectivity index (χ2n) is 8.04. The summed E-state index contributed by atoms with van der Waals surface area (Å²) in [7, 11) is 1.76. The lowest BCUT2D eigenvalue weighted by molar-refractivity contribution is 0.162. The molecule has 0 aliphatic heterocycles. The van der Waals surface area contributed by atoms with Gasteiger partial charge in [0.1, 0.15) is 0 Å². The van der Waals surface area contributed by atoms with Gasteiger partial charge in [0, 0.05) is 20.2 Å². The lowest BCUT2D eigenvalue weighted by Crippen LogP contribution is -2.26. The molecule has 2 heteroatoms. The molecule has 124 valence electrons. The predicted octanol–water partition coefficient (Wildman–Crippen LogP) is 4.66. The molecule has 0 unspecified atom stereocenters. The molecule has 21 heavy (non-hydrogen) atoms. The number of hydrogen-bond acceptors (Lipinski definition) is 2. The van der Waals surface area contributed by atoms with Crippen molar-refractivity contribution in [1.82, 2.24) is 5.32 Å². The highest BCUT2D eigenvalue weighted by molar-refractivity contribution is 5.09. The van der Waals surface area contributed by atoms with Crippen LogP contribution in [-0.2, 0) is 4.74 Å². The van der Waals surface area contributed by atoms with Crippen molar-refractivity contribution in [2.24, 2.45) is 23.2 Å². The zero-order valence-corrected chi connectivity index (χ0v) is 15.2. The molecule has 0 aromatic rings. The number of allylic oxidation sites excluding steroid dienone is 1. The molecule has 0 saturated heterocycles. The largest absolute Gasteiger partial charge is 0.383 e. The van der Waals surface area contributed by atoms with Crippen molar-refractivity contribution in [1.29, 1.82) is 0 Å². The van der Waals surface area contributed by atoms with E-state index in [9.17, 15) is 0 Å². The third kappa shape index (κ3) is 6.97. The normalized spacial score (nSPS) is 24.6. The van der Waals surface area contributed by atoms with Crippen LogP contribution in [0.5, 0.6) is 0 Å². The Morgan fingerprint density at radius 2 is 1.81 bits per heavy atom. The Morgan fingerprint density at radius 1 is 1.19 bits per heavy atom. The van der Waals surface area contributed by atoms with E-state index in [1.165, 1.54) is 25.7 Å². The summed E-state index contributed by atoms with van der Waals surface area (Å²) >= 11 is 0. The van der Waals surface area contributed by atoms with Crippen LogP contribution in [0.4, 0.5) is 0 Å². The van der Waals surface area contributed by atoms with Gasteiger partial charge in [-0.05, 0) is 48.9 Å². The maximum absolute atomic E-state index is 5.10. The Morgan fingerprint density at radius 3 is 2.29 bits per heavy atom. The van der Waals surface area contributed by atoms with E-state index < -0.39 is 0 Å². The molecular weight excluding hydrogens is 258 g/mol. The van der Waals surface area contributed by atoms with Gasteiger partial charge in [-0.15, -0.1) is 0 Å². The van der Waals surface area contributed by atoms with E-state index in [2.05, 4.69) is 46.0 Å². The molecule has 1 fully saturated rings. The predicted molar refractivity (Wildman–Crippen MR) is 92.6 cm³/mol. The minimum atomic E-state index is 0.483. The molecule has 1 saturated carbocycles. The lowest BCUT2D eigenvalue weighted by atomic mass is 9.69. The summed E-state index contributed by atoms with van der Waals surface area (Å²) in [5.74, 6) is 2.34. The molecule has 0 heterocycles. The van der Waals surface area contributed by atoms with Gasteiger partial charge < -0.3 is 10.1 Å². The molecule has 0 atom stereocenters. The minimum absolute atomic E-state index is 0.483. The summed E-state index contributed by atoms with van der Waals surface area (Å²) in [5.41, 5.74) is 2.06. The highest BCUT2D eigenvalue weighted by Gasteiger charge is 2.29. The van der Waals surface area contributed by atoms with Crippen LogP contribution in [0.2, 0.25) is 0 Å². The number of nitrogens with one attached hydrogen (secondary N) is 1. The van der Waals surface area contributed by atoms with Crippen LogP contribution in [0.3, 0.4) is 0 Å². The number of methoxy groups -OCH3 is 1. The SMILES string of the molecule is COCCNCC(=CC1CCC(C(C)(C)C)CC1)C(C)C. The summed E-state index contributed by atoms with van der Waals surface area (Å²) in [4.78, 5) is 0. The van der Waals surface area contributed by atoms with Gasteiger partial charge in [0.05, 0.1) is 6.61 Å². The second-order valence-corrected chi connectivity index (χ2v) is 8.04. The van der Waals surface area contributed by atoms with Gasteiger partial charge >= 0.3 is 0 Å². The van der Waals surface area contributed by atoms with E-state index in [-0.39, 0.29) is 0 Å². The first-order chi connectivity index (χ1) is 9.84. The molecule has 0 amide bonds. The third-order valence-corrected chi connectivity index (χ3v) is 5.00. The maximum atomic E-state index is 5.10. The van der Waals surface area contributed by atoms with E-state index >= 15 is 0 Å². The standard InChI is InChI=1S/C19H37NO/c1-15(2)17(14-20-11-12-21-6)13-16-7-9-18(10-8-16)19(3,4)5/h13,15-16,18,20H,7-12,14H2,1-6H3. The van der Waals surface area contributed by atoms with Crippen LogP contribution in [0, 0.1) is 23.2 Å². The molecule has 0 aromatic heterocycles. The Balaban J connectivity index is 2.47. The summed E-state index contributed by atoms with van der Waals surface area (Å²) in [5, 5.41) is 3.50. The molecule has 0 spiro atoms. The van der Waals surface area contributed by atoms with Crippen molar-refractivity contribution < 1.29 is 4.74 Å². The number of ether oxygens (including phenoxy) is 1. The van der Waals surface area contributed by atoms with Gasteiger partial charge in [-0.1, -0.05) is 46.3 Å². The van der Waals surface area contributed by atoms with E-state index in [0.29, 0.717) is 11.3 Å². The number of hydrogen-bond donors (Lipinski definition) is 1. The molecular formula is C19H37NO. The van der Waals surface area contributed by atoms with Gasteiger partial charge in [-0.25, -0.2) is 0 Å². The van der Waals surface area contributed by atoms with Crippen molar-refractivity contribution in [3.63, 3.8) is 0 Å². The van der Waals surface area contributed by atoms with E-state index in [4.69, 9.17) is 4.74 Å². The van der Waals surface area contributed by atoms with Crippen LogP contribution >= 0.6 is 0 Å². The van der Waals surface area contributed by atoms with E-state index in [1.807, 2.05) is 0 Å². The first kappa shape index (κ1) is 18.7. The van der Waals surface area contributed by atoms with Gasteiger partial charge in [0.15, 0.2) is 0 Å². The third-order valence-electron chi connectivity index (χ3n) is 5.00. The smallest absolute Gasteiger partial charge is 0.0587 e. The fraction of sp³-hybridized carbons (Fsp3) is 0.895. The molecule has 1 N–H and O–H groups in total. The van der Waals surface area contributed by atoms with Gasteiger partial charge in [0.25, 0.3) is 0 Å². The molecule has 1 aliphatic rings. The lowest BCUT2D eigenvalue weighted by Gasteiger charge is -2.36. The van der Waals surface area contributed by atoms with Crippen molar-refractivity contribution in [2.75, 3.05) is 26.8 Å². The van der Waals surface area contributed by atoms with Gasteiger partial charge in [-0.2, -0.15) is 0 Å². The fourth-order valence-corrected chi connectivity index (χ4v) is 3.32. The zero-order chi connectivity index (χ0) is 15.9.